The molecule has 1 atom stereocenters. The predicted molar refractivity (Wildman–Crippen MR) is 62.4 cm³/mol. The summed E-state index contributed by atoms with van der Waals surface area (Å²) in [5.41, 5.74) is 0.737. The van der Waals surface area contributed by atoms with Gasteiger partial charge in [-0.2, -0.15) is 0 Å². The van der Waals surface area contributed by atoms with Crippen molar-refractivity contribution >= 4 is 0 Å². The van der Waals surface area contributed by atoms with Crippen molar-refractivity contribution in [2.45, 2.75) is 33.7 Å². The maximum Gasteiger partial charge on any atom is 0.128 e. The van der Waals surface area contributed by atoms with Gasteiger partial charge in [0.15, 0.2) is 0 Å². The molecule has 0 aromatic heterocycles. The van der Waals surface area contributed by atoms with Gasteiger partial charge >= 0.3 is 0 Å². The Morgan fingerprint density at radius 2 is 1.75 bits per heavy atom. The van der Waals surface area contributed by atoms with Gasteiger partial charge in [0.25, 0.3) is 0 Å². The monoisotopic (exact) mass is 227 g/mol. The largest absolute Gasteiger partial charge is 0.310 e. The Morgan fingerprint density at radius 1 is 1.12 bits per heavy atom. The molecule has 0 radical (unpaired) electrons. The zero-order chi connectivity index (χ0) is 12.3. The van der Waals surface area contributed by atoms with Crippen molar-refractivity contribution in [2.75, 3.05) is 6.54 Å². The van der Waals surface area contributed by atoms with Gasteiger partial charge in [-0.3, -0.25) is 0 Å². The summed E-state index contributed by atoms with van der Waals surface area (Å²) in [5, 5.41) is 3.18. The Balaban J connectivity index is 2.82. The molecule has 1 unspecified atom stereocenters. The molecule has 1 nitrogen and oxygen atoms in total. The van der Waals surface area contributed by atoms with E-state index in [9.17, 15) is 8.78 Å². The highest BCUT2D eigenvalue weighted by Crippen LogP contribution is 2.20. The minimum Gasteiger partial charge on any atom is -0.310 e. The van der Waals surface area contributed by atoms with E-state index in [0.717, 1.165) is 6.54 Å². The second kappa shape index (κ2) is 5.39. The Morgan fingerprint density at radius 3 is 2.31 bits per heavy atom. The molecule has 16 heavy (non-hydrogen) atoms. The first-order valence-corrected chi connectivity index (χ1v) is 5.60. The number of benzene rings is 1. The highest BCUT2D eigenvalue weighted by molar-refractivity contribution is 5.27. The van der Waals surface area contributed by atoms with Crippen molar-refractivity contribution in [3.63, 3.8) is 0 Å². The van der Waals surface area contributed by atoms with Crippen molar-refractivity contribution in [3.05, 3.63) is 34.9 Å². The molecule has 90 valence electrons. The van der Waals surface area contributed by atoms with Crippen LogP contribution in [0.25, 0.3) is 0 Å². The quantitative estimate of drug-likeness (QED) is 0.829. The molecule has 1 rings (SSSR count). The van der Waals surface area contributed by atoms with E-state index in [0.29, 0.717) is 17.0 Å². The van der Waals surface area contributed by atoms with Crippen molar-refractivity contribution in [3.8, 4) is 0 Å². The molecule has 1 aromatic carbocycles. The molecule has 0 aliphatic heterocycles. The highest BCUT2D eigenvalue weighted by atomic mass is 19.1. The van der Waals surface area contributed by atoms with Crippen LogP contribution in [0.15, 0.2) is 12.1 Å². The molecule has 0 spiro atoms. The lowest BCUT2D eigenvalue weighted by atomic mass is 10.0. The maximum atomic E-state index is 13.6. The van der Waals surface area contributed by atoms with Gasteiger partial charge in [0.05, 0.1) is 0 Å². The van der Waals surface area contributed by atoms with Gasteiger partial charge in [-0.15, -0.1) is 0 Å². The predicted octanol–water partition coefficient (Wildman–Crippen LogP) is 3.58. The summed E-state index contributed by atoms with van der Waals surface area (Å²) in [7, 11) is 0. The third-order valence-corrected chi connectivity index (χ3v) is 2.58. The summed E-state index contributed by atoms with van der Waals surface area (Å²) >= 11 is 0. The fraction of sp³-hybridized carbons (Fsp3) is 0.538. The number of nitrogens with one attached hydrogen (secondary N) is 1. The fourth-order valence-corrected chi connectivity index (χ4v) is 1.52. The Bertz CT molecular complexity index is 361. The standard InChI is InChI=1S/C13H19F2N/c1-8(2)7-16-10(4)11-6-12(14)9(3)5-13(11)15/h5-6,8,10,16H,7H2,1-4H3. The molecule has 0 saturated carbocycles. The number of aryl methyl sites for hydroxylation is 1. The first kappa shape index (κ1) is 13.1. The highest BCUT2D eigenvalue weighted by Gasteiger charge is 2.13. The Hall–Kier alpha value is -0.960. The summed E-state index contributed by atoms with van der Waals surface area (Å²) in [6.07, 6.45) is 0. The minimum absolute atomic E-state index is 0.169. The van der Waals surface area contributed by atoms with Crippen LogP contribution in [-0.4, -0.2) is 6.54 Å². The lowest BCUT2D eigenvalue weighted by molar-refractivity contribution is 0.474. The smallest absolute Gasteiger partial charge is 0.128 e. The van der Waals surface area contributed by atoms with E-state index in [-0.39, 0.29) is 17.7 Å². The molecule has 3 heteroatoms. The van der Waals surface area contributed by atoms with Crippen molar-refractivity contribution in [1.29, 1.82) is 0 Å². The van der Waals surface area contributed by atoms with Gasteiger partial charge < -0.3 is 5.32 Å². The summed E-state index contributed by atoms with van der Waals surface area (Å²) < 4.78 is 26.9. The molecular formula is C13H19F2N. The van der Waals surface area contributed by atoms with Crippen LogP contribution in [0.2, 0.25) is 0 Å². The third-order valence-electron chi connectivity index (χ3n) is 2.58. The van der Waals surface area contributed by atoms with E-state index in [1.165, 1.54) is 12.1 Å². The van der Waals surface area contributed by atoms with E-state index in [2.05, 4.69) is 19.2 Å². The van der Waals surface area contributed by atoms with Crippen LogP contribution < -0.4 is 5.32 Å². The van der Waals surface area contributed by atoms with Crippen LogP contribution in [-0.2, 0) is 0 Å². The van der Waals surface area contributed by atoms with Gasteiger partial charge in [0, 0.05) is 11.6 Å². The van der Waals surface area contributed by atoms with Crippen LogP contribution in [0.5, 0.6) is 0 Å². The van der Waals surface area contributed by atoms with Crippen molar-refractivity contribution in [2.24, 2.45) is 5.92 Å². The molecule has 0 heterocycles. The number of halogens is 2. The second-order valence-electron chi connectivity index (χ2n) is 4.65. The summed E-state index contributed by atoms with van der Waals surface area (Å²) in [6.45, 7) is 8.34. The normalized spacial score (nSPS) is 13.2. The van der Waals surface area contributed by atoms with Crippen LogP contribution in [0.3, 0.4) is 0 Å². The molecule has 1 N–H and O–H groups in total. The lowest BCUT2D eigenvalue weighted by Crippen LogP contribution is -2.24. The van der Waals surface area contributed by atoms with Gasteiger partial charge in [0.1, 0.15) is 11.6 Å². The van der Waals surface area contributed by atoms with E-state index in [1.807, 2.05) is 6.92 Å². The van der Waals surface area contributed by atoms with Crippen LogP contribution in [0.1, 0.15) is 37.9 Å². The summed E-state index contributed by atoms with van der Waals surface area (Å²) in [4.78, 5) is 0. The lowest BCUT2D eigenvalue weighted by Gasteiger charge is -2.17. The fourth-order valence-electron chi connectivity index (χ4n) is 1.52. The molecular weight excluding hydrogens is 208 g/mol. The van der Waals surface area contributed by atoms with E-state index >= 15 is 0 Å². The maximum absolute atomic E-state index is 13.6. The minimum atomic E-state index is -0.352. The summed E-state index contributed by atoms with van der Waals surface area (Å²) in [5.74, 6) is -0.210. The van der Waals surface area contributed by atoms with Crippen LogP contribution in [0, 0.1) is 24.5 Å². The van der Waals surface area contributed by atoms with Crippen molar-refractivity contribution in [1.82, 2.24) is 5.32 Å². The van der Waals surface area contributed by atoms with E-state index < -0.39 is 0 Å². The SMILES string of the molecule is Cc1cc(F)c(C(C)NCC(C)C)cc1F. The topological polar surface area (TPSA) is 12.0 Å². The van der Waals surface area contributed by atoms with E-state index in [1.54, 1.807) is 6.92 Å². The first-order chi connectivity index (χ1) is 7.41. The molecule has 0 bridgehead atoms. The molecule has 0 aliphatic carbocycles. The molecule has 0 fully saturated rings. The zero-order valence-electron chi connectivity index (χ0n) is 10.3. The van der Waals surface area contributed by atoms with Gasteiger partial charge in [0.2, 0.25) is 0 Å². The number of hydrogen-bond donors (Lipinski definition) is 1. The van der Waals surface area contributed by atoms with Gasteiger partial charge in [-0.05, 0) is 44.0 Å². The Kier molecular flexibility index (Phi) is 4.42. The van der Waals surface area contributed by atoms with Gasteiger partial charge in [-0.25, -0.2) is 8.78 Å². The van der Waals surface area contributed by atoms with Crippen molar-refractivity contribution < 1.29 is 8.78 Å². The second-order valence-corrected chi connectivity index (χ2v) is 4.65. The summed E-state index contributed by atoms with van der Waals surface area (Å²) in [6, 6.07) is 2.36. The van der Waals surface area contributed by atoms with E-state index in [4.69, 9.17) is 0 Å². The average molecular weight is 227 g/mol. The third kappa shape index (κ3) is 3.27. The Labute approximate surface area is 95.9 Å². The molecule has 0 saturated heterocycles. The zero-order valence-corrected chi connectivity index (χ0v) is 10.3. The molecule has 0 amide bonds. The van der Waals surface area contributed by atoms with Gasteiger partial charge in [-0.1, -0.05) is 13.8 Å². The first-order valence-electron chi connectivity index (χ1n) is 5.60. The van der Waals surface area contributed by atoms with Crippen LogP contribution in [0.4, 0.5) is 8.78 Å². The molecule has 1 aromatic rings. The molecule has 0 aliphatic rings. The average Bonchev–Trinajstić information content (AvgIpc) is 2.20. The number of rotatable bonds is 4. The number of hydrogen-bond acceptors (Lipinski definition) is 1. The van der Waals surface area contributed by atoms with Crippen LogP contribution >= 0.6 is 0 Å².